The number of hydrogen-bond donors (Lipinski definition) is 2. The van der Waals surface area contributed by atoms with Crippen molar-refractivity contribution in [1.82, 2.24) is 4.72 Å². The van der Waals surface area contributed by atoms with Crippen molar-refractivity contribution in [2.24, 2.45) is 0 Å². The first-order chi connectivity index (χ1) is 7.86. The molecule has 1 rings (SSSR count). The molecule has 0 aliphatic heterocycles. The van der Waals surface area contributed by atoms with Gasteiger partial charge in [0.1, 0.15) is 4.90 Å². The average molecular weight is 276 g/mol. The molecule has 1 aromatic carbocycles. The second-order valence-electron chi connectivity index (χ2n) is 3.07. The van der Waals surface area contributed by atoms with E-state index >= 15 is 0 Å². The van der Waals surface area contributed by atoms with E-state index in [-0.39, 0.29) is 9.92 Å². The molecule has 2 N–H and O–H groups in total. The Kier molecular flexibility index (Phi) is 4.28. The number of nitrogens with one attached hydrogen (secondary N) is 1. The second-order valence-corrected chi connectivity index (χ2v) is 5.33. The van der Waals surface area contributed by atoms with E-state index in [0.717, 1.165) is 6.08 Å². The van der Waals surface area contributed by atoms with Gasteiger partial charge < -0.3 is 5.11 Å². The standard InChI is InChI=1S/C10H10ClNO4S/c1-12-17(15,16)9-4-2-7(6-8(9)11)3-5-10(13)14/h2-6,12H,1H3,(H,13,14)/b5-3+. The predicted molar refractivity (Wildman–Crippen MR) is 64.4 cm³/mol. The summed E-state index contributed by atoms with van der Waals surface area (Å²) in [6, 6.07) is 4.16. The molecule has 5 nitrogen and oxygen atoms in total. The summed E-state index contributed by atoms with van der Waals surface area (Å²) in [6.45, 7) is 0. The first kappa shape index (κ1) is 13.7. The third-order valence-corrected chi connectivity index (χ3v) is 3.83. The Bertz CT molecular complexity index is 566. The summed E-state index contributed by atoms with van der Waals surface area (Å²) in [6.07, 6.45) is 2.27. The van der Waals surface area contributed by atoms with Crippen molar-refractivity contribution in [3.63, 3.8) is 0 Å². The fraction of sp³-hybridized carbons (Fsp3) is 0.100. The van der Waals surface area contributed by atoms with Crippen molar-refractivity contribution in [2.45, 2.75) is 4.90 Å². The van der Waals surface area contributed by atoms with E-state index in [9.17, 15) is 13.2 Å². The molecular formula is C10H10ClNO4S. The molecule has 0 saturated heterocycles. The third-order valence-electron chi connectivity index (χ3n) is 1.93. The number of benzene rings is 1. The molecule has 0 amide bonds. The Balaban J connectivity index is 3.15. The van der Waals surface area contributed by atoms with Crippen molar-refractivity contribution in [1.29, 1.82) is 0 Å². The highest BCUT2D eigenvalue weighted by Crippen LogP contribution is 2.22. The largest absolute Gasteiger partial charge is 0.478 e. The summed E-state index contributed by atoms with van der Waals surface area (Å²) in [5.74, 6) is -1.09. The van der Waals surface area contributed by atoms with Crippen LogP contribution in [0, 0.1) is 0 Å². The van der Waals surface area contributed by atoms with Gasteiger partial charge in [0.25, 0.3) is 0 Å². The molecule has 0 aromatic heterocycles. The molecule has 17 heavy (non-hydrogen) atoms. The third kappa shape index (κ3) is 3.55. The van der Waals surface area contributed by atoms with Crippen LogP contribution in [0.4, 0.5) is 0 Å². The SMILES string of the molecule is CNS(=O)(=O)c1ccc(/C=C/C(=O)O)cc1Cl. The zero-order valence-corrected chi connectivity index (χ0v) is 10.4. The molecule has 0 unspecified atom stereocenters. The van der Waals surface area contributed by atoms with E-state index in [0.29, 0.717) is 5.56 Å². The van der Waals surface area contributed by atoms with Crippen molar-refractivity contribution in [3.8, 4) is 0 Å². The van der Waals surface area contributed by atoms with Gasteiger partial charge in [-0.05, 0) is 30.8 Å². The van der Waals surface area contributed by atoms with E-state index in [1.807, 2.05) is 0 Å². The minimum Gasteiger partial charge on any atom is -0.478 e. The molecule has 0 spiro atoms. The number of carbonyl (C=O) groups is 1. The fourth-order valence-electron chi connectivity index (χ4n) is 1.12. The number of aliphatic carboxylic acids is 1. The van der Waals surface area contributed by atoms with Crippen LogP contribution in [-0.2, 0) is 14.8 Å². The molecule has 0 heterocycles. The van der Waals surface area contributed by atoms with Crippen LogP contribution in [0.25, 0.3) is 6.08 Å². The number of halogens is 1. The van der Waals surface area contributed by atoms with Crippen LogP contribution in [0.15, 0.2) is 29.2 Å². The second kappa shape index (κ2) is 5.31. The van der Waals surface area contributed by atoms with Gasteiger partial charge in [-0.3, -0.25) is 0 Å². The van der Waals surface area contributed by atoms with Crippen LogP contribution in [0.2, 0.25) is 5.02 Å². The quantitative estimate of drug-likeness (QED) is 0.813. The average Bonchev–Trinajstić information content (AvgIpc) is 2.26. The minimum absolute atomic E-state index is 0.0342. The van der Waals surface area contributed by atoms with Gasteiger partial charge in [-0.25, -0.2) is 17.9 Å². The number of carboxylic acids is 1. The molecule has 0 aliphatic rings. The first-order valence-electron chi connectivity index (χ1n) is 4.51. The molecule has 0 fully saturated rings. The van der Waals surface area contributed by atoms with Gasteiger partial charge in [0.2, 0.25) is 10.0 Å². The number of carboxylic acid groups (broad SMARTS) is 1. The Hall–Kier alpha value is -1.37. The minimum atomic E-state index is -3.60. The van der Waals surface area contributed by atoms with E-state index in [1.54, 1.807) is 0 Å². The van der Waals surface area contributed by atoms with Crippen molar-refractivity contribution >= 4 is 33.7 Å². The fourth-order valence-corrected chi connectivity index (χ4v) is 2.39. The zero-order chi connectivity index (χ0) is 13.1. The Morgan fingerprint density at radius 3 is 2.59 bits per heavy atom. The van der Waals surface area contributed by atoms with Crippen LogP contribution < -0.4 is 4.72 Å². The molecule has 1 aromatic rings. The highest BCUT2D eigenvalue weighted by molar-refractivity contribution is 7.89. The summed E-state index contributed by atoms with van der Waals surface area (Å²) in [5, 5.41) is 8.47. The normalized spacial score (nSPS) is 11.9. The van der Waals surface area contributed by atoms with Crippen molar-refractivity contribution in [2.75, 3.05) is 7.05 Å². The van der Waals surface area contributed by atoms with Gasteiger partial charge in [-0.15, -0.1) is 0 Å². The van der Waals surface area contributed by atoms with Crippen LogP contribution >= 0.6 is 11.6 Å². The first-order valence-corrected chi connectivity index (χ1v) is 6.37. The smallest absolute Gasteiger partial charge is 0.328 e. The number of rotatable bonds is 4. The highest BCUT2D eigenvalue weighted by atomic mass is 35.5. The van der Waals surface area contributed by atoms with Crippen LogP contribution in [0.1, 0.15) is 5.56 Å². The van der Waals surface area contributed by atoms with Gasteiger partial charge in [0, 0.05) is 6.08 Å². The molecule has 0 aliphatic carbocycles. The van der Waals surface area contributed by atoms with Gasteiger partial charge >= 0.3 is 5.97 Å². The molecule has 0 saturated carbocycles. The van der Waals surface area contributed by atoms with Crippen molar-refractivity contribution in [3.05, 3.63) is 34.9 Å². The Morgan fingerprint density at radius 2 is 2.12 bits per heavy atom. The lowest BCUT2D eigenvalue weighted by Crippen LogP contribution is -2.18. The highest BCUT2D eigenvalue weighted by Gasteiger charge is 2.15. The summed E-state index contributed by atoms with van der Waals surface area (Å²) < 4.78 is 25.1. The molecule has 7 heteroatoms. The van der Waals surface area contributed by atoms with Crippen LogP contribution in [0.5, 0.6) is 0 Å². The lowest BCUT2D eigenvalue weighted by molar-refractivity contribution is -0.131. The van der Waals surface area contributed by atoms with Gasteiger partial charge in [-0.1, -0.05) is 17.7 Å². The summed E-state index contributed by atoms with van der Waals surface area (Å²) in [7, 11) is -2.32. The summed E-state index contributed by atoms with van der Waals surface area (Å²) >= 11 is 5.81. The molecular weight excluding hydrogens is 266 g/mol. The van der Waals surface area contributed by atoms with E-state index < -0.39 is 16.0 Å². The van der Waals surface area contributed by atoms with Crippen LogP contribution in [0.3, 0.4) is 0 Å². The molecule has 0 radical (unpaired) electrons. The molecule has 92 valence electrons. The lowest BCUT2D eigenvalue weighted by atomic mass is 10.2. The van der Waals surface area contributed by atoms with E-state index in [2.05, 4.69) is 4.72 Å². The van der Waals surface area contributed by atoms with Gasteiger partial charge in [-0.2, -0.15) is 0 Å². The van der Waals surface area contributed by atoms with E-state index in [1.165, 1.54) is 31.3 Å². The number of hydrogen-bond acceptors (Lipinski definition) is 3. The maximum Gasteiger partial charge on any atom is 0.328 e. The maximum atomic E-state index is 11.5. The summed E-state index contributed by atoms with van der Waals surface area (Å²) in [4.78, 5) is 10.3. The predicted octanol–water partition coefficient (Wildman–Crippen LogP) is 1.35. The monoisotopic (exact) mass is 275 g/mol. The molecule has 0 bridgehead atoms. The molecule has 0 atom stereocenters. The summed E-state index contributed by atoms with van der Waals surface area (Å²) in [5.41, 5.74) is 0.507. The van der Waals surface area contributed by atoms with Gasteiger partial charge in [0.15, 0.2) is 0 Å². The maximum absolute atomic E-state index is 11.5. The van der Waals surface area contributed by atoms with Gasteiger partial charge in [0.05, 0.1) is 5.02 Å². The van der Waals surface area contributed by atoms with Crippen molar-refractivity contribution < 1.29 is 18.3 Å². The van der Waals surface area contributed by atoms with Crippen LogP contribution in [-0.4, -0.2) is 26.5 Å². The lowest BCUT2D eigenvalue weighted by Gasteiger charge is -2.05. The number of sulfonamides is 1. The topological polar surface area (TPSA) is 83.5 Å². The Labute approximate surface area is 104 Å². The van der Waals surface area contributed by atoms with E-state index in [4.69, 9.17) is 16.7 Å². The zero-order valence-electron chi connectivity index (χ0n) is 8.84. The Morgan fingerprint density at radius 1 is 1.47 bits per heavy atom.